The number of methoxy groups -OCH3 is 1. The Morgan fingerprint density at radius 1 is 1.86 bits per heavy atom. The van der Waals surface area contributed by atoms with Crippen molar-refractivity contribution in [3.05, 3.63) is 0 Å². The summed E-state index contributed by atoms with van der Waals surface area (Å²) in [5.41, 5.74) is 0. The molecule has 0 fully saturated rings. The Kier molecular flexibility index (Phi) is 4.14. The van der Waals surface area contributed by atoms with Crippen molar-refractivity contribution in [1.82, 2.24) is 0 Å². The molecular formula is C4H8O2S. The molecule has 0 spiro atoms. The van der Waals surface area contributed by atoms with Gasteiger partial charge in [0, 0.05) is 7.11 Å². The number of carbonyl (C=O) groups is 1. The van der Waals surface area contributed by atoms with Crippen LogP contribution in [0.4, 0.5) is 0 Å². The molecule has 3 heteroatoms. The predicted octanol–water partition coefficient (Wildman–Crippen LogP) is 0.522. The van der Waals surface area contributed by atoms with Gasteiger partial charge in [0.15, 0.2) is 0 Å². The zero-order valence-electron chi connectivity index (χ0n) is 4.43. The van der Waals surface area contributed by atoms with Gasteiger partial charge in [0.25, 0.3) is 0 Å². The fraction of sp³-hybridized carbons (Fsp3) is 0.750. The molecule has 2 nitrogen and oxygen atoms in total. The molecule has 0 radical (unpaired) electrons. The molecule has 0 aliphatic carbocycles. The molecule has 0 aliphatic rings. The normalized spacial score (nSPS) is 8.86. The van der Waals surface area contributed by atoms with E-state index < -0.39 is 0 Å². The third-order valence-electron chi connectivity index (χ3n) is 0.490. The van der Waals surface area contributed by atoms with Crippen molar-refractivity contribution < 1.29 is 9.53 Å². The van der Waals surface area contributed by atoms with Crippen LogP contribution in [-0.2, 0) is 9.53 Å². The van der Waals surface area contributed by atoms with E-state index in [4.69, 9.17) is 0 Å². The standard InChI is InChI=1S/C4H8O2S/c1-6-3-4(5)7-2/h3H2,1-2H3. The molecule has 0 aliphatic heterocycles. The highest BCUT2D eigenvalue weighted by Crippen LogP contribution is 1.92. The molecule has 7 heavy (non-hydrogen) atoms. The van der Waals surface area contributed by atoms with E-state index in [1.165, 1.54) is 18.9 Å². The Bertz CT molecular complexity index is 62.7. The lowest BCUT2D eigenvalue weighted by atomic mass is 10.8. The summed E-state index contributed by atoms with van der Waals surface area (Å²) in [6, 6.07) is 0. The molecule has 0 unspecified atom stereocenters. The van der Waals surface area contributed by atoms with Crippen LogP contribution < -0.4 is 0 Å². The van der Waals surface area contributed by atoms with Crippen LogP contribution >= 0.6 is 11.8 Å². The van der Waals surface area contributed by atoms with Gasteiger partial charge >= 0.3 is 0 Å². The van der Waals surface area contributed by atoms with Gasteiger partial charge in [-0.15, -0.1) is 0 Å². The first-order chi connectivity index (χ1) is 3.31. The highest BCUT2D eigenvalue weighted by atomic mass is 32.2. The number of hydrogen-bond acceptors (Lipinski definition) is 3. The van der Waals surface area contributed by atoms with Crippen molar-refractivity contribution in [3.8, 4) is 0 Å². The maximum absolute atomic E-state index is 10.2. The van der Waals surface area contributed by atoms with Crippen molar-refractivity contribution in [2.24, 2.45) is 0 Å². The van der Waals surface area contributed by atoms with Crippen LogP contribution in [0.1, 0.15) is 0 Å². The fourth-order valence-electron chi connectivity index (χ4n) is 0.177. The summed E-state index contributed by atoms with van der Waals surface area (Å²) in [6.07, 6.45) is 1.74. The fourth-order valence-corrected chi connectivity index (χ4v) is 0.412. The quantitative estimate of drug-likeness (QED) is 0.531. The van der Waals surface area contributed by atoms with E-state index in [9.17, 15) is 4.79 Å². The molecular weight excluding hydrogens is 112 g/mol. The van der Waals surface area contributed by atoms with Crippen LogP contribution in [0.15, 0.2) is 0 Å². The van der Waals surface area contributed by atoms with E-state index in [2.05, 4.69) is 4.74 Å². The summed E-state index contributed by atoms with van der Waals surface area (Å²) < 4.78 is 4.52. The minimum atomic E-state index is 0.0718. The van der Waals surface area contributed by atoms with E-state index in [0.717, 1.165) is 0 Å². The summed E-state index contributed by atoms with van der Waals surface area (Å²) in [7, 11) is 1.51. The topological polar surface area (TPSA) is 26.3 Å². The largest absolute Gasteiger partial charge is 0.376 e. The second kappa shape index (κ2) is 4.15. The summed E-state index contributed by atoms with van der Waals surface area (Å²) in [6.45, 7) is 0.223. The van der Waals surface area contributed by atoms with Gasteiger partial charge in [0.2, 0.25) is 5.12 Å². The Morgan fingerprint density at radius 2 is 2.43 bits per heavy atom. The number of thioether (sulfide) groups is 1. The number of carbonyl (C=O) groups excluding carboxylic acids is 1. The zero-order valence-corrected chi connectivity index (χ0v) is 5.25. The van der Waals surface area contributed by atoms with Crippen molar-refractivity contribution >= 4 is 16.9 Å². The molecule has 0 rings (SSSR count). The van der Waals surface area contributed by atoms with Gasteiger partial charge in [-0.2, -0.15) is 0 Å². The van der Waals surface area contributed by atoms with Gasteiger partial charge in [-0.05, 0) is 6.26 Å². The Balaban J connectivity index is 3.00. The lowest BCUT2D eigenvalue weighted by molar-refractivity contribution is -0.114. The average Bonchev–Trinajstić information content (AvgIpc) is 1.68. The molecule has 42 valence electrons. The van der Waals surface area contributed by atoms with Gasteiger partial charge in [-0.3, -0.25) is 4.79 Å². The molecule has 0 saturated carbocycles. The Morgan fingerprint density at radius 3 is 2.57 bits per heavy atom. The summed E-state index contributed by atoms with van der Waals surface area (Å²) >= 11 is 1.19. The maximum Gasteiger partial charge on any atom is 0.214 e. The van der Waals surface area contributed by atoms with Crippen LogP contribution in [0, 0.1) is 0 Å². The maximum atomic E-state index is 10.2. The Labute approximate surface area is 47.2 Å². The second-order valence-electron chi connectivity index (χ2n) is 1.01. The summed E-state index contributed by atoms with van der Waals surface area (Å²) in [5.74, 6) is 0. The number of hydrogen-bond donors (Lipinski definition) is 0. The smallest absolute Gasteiger partial charge is 0.214 e. The monoisotopic (exact) mass is 120 g/mol. The molecule has 0 aromatic carbocycles. The molecule has 0 aromatic heterocycles. The molecule has 0 aromatic rings. The third kappa shape index (κ3) is 3.82. The SMILES string of the molecule is COCC(=O)SC. The lowest BCUT2D eigenvalue weighted by Gasteiger charge is -1.89. The van der Waals surface area contributed by atoms with E-state index in [0.29, 0.717) is 0 Å². The molecule has 0 saturated heterocycles. The van der Waals surface area contributed by atoms with Crippen LogP contribution in [-0.4, -0.2) is 25.1 Å². The summed E-state index contributed by atoms with van der Waals surface area (Å²) in [5, 5.41) is 0.0718. The first kappa shape index (κ1) is 6.98. The van der Waals surface area contributed by atoms with Crippen molar-refractivity contribution in [2.75, 3.05) is 20.0 Å². The first-order valence-electron chi connectivity index (χ1n) is 1.87. The first-order valence-corrected chi connectivity index (χ1v) is 3.09. The zero-order chi connectivity index (χ0) is 5.70. The van der Waals surface area contributed by atoms with Crippen LogP contribution in [0.3, 0.4) is 0 Å². The van der Waals surface area contributed by atoms with Gasteiger partial charge < -0.3 is 4.74 Å². The van der Waals surface area contributed by atoms with Gasteiger partial charge in [0.05, 0.1) is 0 Å². The number of ether oxygens (including phenoxy) is 1. The summed E-state index contributed by atoms with van der Waals surface area (Å²) in [4.78, 5) is 10.2. The molecule has 0 N–H and O–H groups in total. The minimum Gasteiger partial charge on any atom is -0.376 e. The van der Waals surface area contributed by atoms with Crippen LogP contribution in [0.5, 0.6) is 0 Å². The lowest BCUT2D eigenvalue weighted by Crippen LogP contribution is -1.99. The molecule has 0 atom stereocenters. The third-order valence-corrected chi connectivity index (χ3v) is 1.06. The van der Waals surface area contributed by atoms with Crippen LogP contribution in [0.25, 0.3) is 0 Å². The van der Waals surface area contributed by atoms with Gasteiger partial charge in [-0.1, -0.05) is 11.8 Å². The van der Waals surface area contributed by atoms with E-state index >= 15 is 0 Å². The van der Waals surface area contributed by atoms with E-state index in [1.807, 2.05) is 0 Å². The highest BCUT2D eigenvalue weighted by Gasteiger charge is 1.92. The van der Waals surface area contributed by atoms with Crippen molar-refractivity contribution in [1.29, 1.82) is 0 Å². The van der Waals surface area contributed by atoms with Gasteiger partial charge in [-0.25, -0.2) is 0 Å². The van der Waals surface area contributed by atoms with Gasteiger partial charge in [0.1, 0.15) is 6.61 Å². The Hall–Kier alpha value is -0.0200. The predicted molar refractivity (Wildman–Crippen MR) is 30.4 cm³/mol. The minimum absolute atomic E-state index is 0.0718. The molecule has 0 bridgehead atoms. The van der Waals surface area contributed by atoms with Crippen molar-refractivity contribution in [2.45, 2.75) is 0 Å². The molecule has 0 amide bonds. The second-order valence-corrected chi connectivity index (χ2v) is 1.87. The molecule has 0 heterocycles. The average molecular weight is 120 g/mol. The van der Waals surface area contributed by atoms with E-state index in [1.54, 1.807) is 6.26 Å². The van der Waals surface area contributed by atoms with Crippen molar-refractivity contribution in [3.63, 3.8) is 0 Å². The van der Waals surface area contributed by atoms with Crippen LogP contribution in [0.2, 0.25) is 0 Å². The van der Waals surface area contributed by atoms with E-state index in [-0.39, 0.29) is 11.7 Å². The highest BCUT2D eigenvalue weighted by molar-refractivity contribution is 8.13. The number of rotatable bonds is 2.